The van der Waals surface area contributed by atoms with Crippen molar-refractivity contribution in [2.24, 2.45) is 0 Å². The lowest BCUT2D eigenvalue weighted by molar-refractivity contribution is -0.145. The van der Waals surface area contributed by atoms with Gasteiger partial charge in [0.15, 0.2) is 0 Å². The molecule has 1 aromatic rings. The van der Waals surface area contributed by atoms with E-state index in [9.17, 15) is 9.90 Å². The monoisotopic (exact) mass is 241 g/mol. The van der Waals surface area contributed by atoms with Crippen molar-refractivity contribution >= 4 is 17.3 Å². The summed E-state index contributed by atoms with van der Waals surface area (Å²) in [5, 5.41) is 13.2. The van der Waals surface area contributed by atoms with Crippen LogP contribution in [0.25, 0.3) is 0 Å². The summed E-state index contributed by atoms with van der Waals surface area (Å²) in [6, 6.07) is 1.77. The molecule has 0 aliphatic rings. The Morgan fingerprint density at radius 1 is 1.31 bits per heavy atom. The van der Waals surface area contributed by atoms with Gasteiger partial charge in [-0.25, -0.2) is 0 Å². The number of nitrogens with zero attached hydrogens (tertiary/aromatic N) is 1. The second-order valence-corrected chi connectivity index (χ2v) is 5.21. The maximum absolute atomic E-state index is 11.4. The maximum Gasteiger partial charge on any atom is 0.325 e. The van der Waals surface area contributed by atoms with Crippen molar-refractivity contribution in [1.82, 2.24) is 4.90 Å². The van der Waals surface area contributed by atoms with Gasteiger partial charge in [-0.2, -0.15) is 11.3 Å². The van der Waals surface area contributed by atoms with Gasteiger partial charge in [0.05, 0.1) is 0 Å². The van der Waals surface area contributed by atoms with E-state index in [0.717, 1.165) is 5.56 Å². The van der Waals surface area contributed by atoms with Gasteiger partial charge in [-0.3, -0.25) is 9.69 Å². The molecule has 0 aromatic carbocycles. The summed E-state index contributed by atoms with van der Waals surface area (Å²) >= 11 is 1.54. The molecule has 0 amide bonds. The van der Waals surface area contributed by atoms with Gasteiger partial charge in [0.2, 0.25) is 0 Å². The molecular formula is C12H19NO2S. The molecule has 0 saturated carbocycles. The van der Waals surface area contributed by atoms with Crippen molar-refractivity contribution in [2.45, 2.75) is 45.8 Å². The van der Waals surface area contributed by atoms with E-state index in [0.29, 0.717) is 0 Å². The van der Waals surface area contributed by atoms with Gasteiger partial charge >= 0.3 is 5.97 Å². The molecule has 0 fully saturated rings. The number of aliphatic carboxylic acids is 1. The SMILES string of the molecule is CC(C)N(C(C)C)C(C(=O)O)c1ccsc1. The normalized spacial score (nSPS) is 13.7. The molecule has 0 aliphatic carbocycles. The zero-order chi connectivity index (χ0) is 12.3. The van der Waals surface area contributed by atoms with Gasteiger partial charge in [0, 0.05) is 12.1 Å². The fraction of sp³-hybridized carbons (Fsp3) is 0.583. The molecule has 0 radical (unpaired) electrons. The Morgan fingerprint density at radius 2 is 1.88 bits per heavy atom. The molecule has 0 spiro atoms. The molecule has 1 aromatic heterocycles. The van der Waals surface area contributed by atoms with Gasteiger partial charge < -0.3 is 5.11 Å². The van der Waals surface area contributed by atoms with E-state index in [-0.39, 0.29) is 12.1 Å². The standard InChI is InChI=1S/C12H19NO2S/c1-8(2)13(9(3)4)11(12(14)15)10-5-6-16-7-10/h5-9,11H,1-4H3,(H,14,15). The molecule has 0 bridgehead atoms. The number of thiophene rings is 1. The molecule has 3 nitrogen and oxygen atoms in total. The van der Waals surface area contributed by atoms with Crippen LogP contribution in [0.1, 0.15) is 39.3 Å². The number of rotatable bonds is 5. The first-order chi connectivity index (χ1) is 7.45. The van der Waals surface area contributed by atoms with E-state index in [1.54, 1.807) is 0 Å². The maximum atomic E-state index is 11.4. The van der Waals surface area contributed by atoms with Crippen LogP contribution in [0.2, 0.25) is 0 Å². The van der Waals surface area contributed by atoms with Gasteiger partial charge in [0.1, 0.15) is 6.04 Å². The number of carboxylic acids is 1. The van der Waals surface area contributed by atoms with Crippen molar-refractivity contribution in [3.05, 3.63) is 22.4 Å². The lowest BCUT2D eigenvalue weighted by atomic mass is 10.1. The molecule has 1 heterocycles. The average Bonchev–Trinajstić information content (AvgIpc) is 2.64. The van der Waals surface area contributed by atoms with Gasteiger partial charge in [-0.1, -0.05) is 0 Å². The number of hydrogen-bond acceptors (Lipinski definition) is 3. The third-order valence-corrected chi connectivity index (χ3v) is 3.29. The first-order valence-corrected chi connectivity index (χ1v) is 6.41. The fourth-order valence-electron chi connectivity index (χ4n) is 2.07. The molecule has 4 heteroatoms. The Balaban J connectivity index is 3.05. The molecule has 0 aliphatic heterocycles. The highest BCUT2D eigenvalue weighted by atomic mass is 32.1. The van der Waals surface area contributed by atoms with E-state index in [4.69, 9.17) is 0 Å². The first-order valence-electron chi connectivity index (χ1n) is 5.47. The smallest absolute Gasteiger partial charge is 0.325 e. The molecule has 0 saturated heterocycles. The minimum atomic E-state index is -0.777. The zero-order valence-corrected chi connectivity index (χ0v) is 11.0. The third kappa shape index (κ3) is 2.83. The summed E-state index contributed by atoms with van der Waals surface area (Å²) in [5.74, 6) is -0.777. The van der Waals surface area contributed by atoms with Gasteiger partial charge in [-0.05, 0) is 50.1 Å². The van der Waals surface area contributed by atoms with E-state index in [1.165, 1.54) is 11.3 Å². The summed E-state index contributed by atoms with van der Waals surface area (Å²) < 4.78 is 0. The average molecular weight is 241 g/mol. The molecule has 16 heavy (non-hydrogen) atoms. The Hall–Kier alpha value is -0.870. The summed E-state index contributed by atoms with van der Waals surface area (Å²) in [4.78, 5) is 13.4. The minimum absolute atomic E-state index is 0.209. The highest BCUT2D eigenvalue weighted by Gasteiger charge is 2.31. The number of carboxylic acid groups (broad SMARTS) is 1. The zero-order valence-electron chi connectivity index (χ0n) is 10.2. The predicted octanol–water partition coefficient (Wildman–Crippen LogP) is 2.99. The number of hydrogen-bond donors (Lipinski definition) is 1. The predicted molar refractivity (Wildman–Crippen MR) is 66.8 cm³/mol. The van der Waals surface area contributed by atoms with E-state index >= 15 is 0 Å². The van der Waals surface area contributed by atoms with Crippen LogP contribution in [-0.2, 0) is 4.79 Å². The Labute approximate surface area is 101 Å². The van der Waals surface area contributed by atoms with E-state index in [1.807, 2.05) is 49.4 Å². The minimum Gasteiger partial charge on any atom is -0.480 e. The highest BCUT2D eigenvalue weighted by molar-refractivity contribution is 7.08. The molecule has 1 rings (SSSR count). The lowest BCUT2D eigenvalue weighted by Gasteiger charge is -2.35. The van der Waals surface area contributed by atoms with Crippen molar-refractivity contribution < 1.29 is 9.90 Å². The van der Waals surface area contributed by atoms with Crippen LogP contribution in [0.5, 0.6) is 0 Å². The van der Waals surface area contributed by atoms with Crippen molar-refractivity contribution in [1.29, 1.82) is 0 Å². The topological polar surface area (TPSA) is 40.5 Å². The summed E-state index contributed by atoms with van der Waals surface area (Å²) in [5.41, 5.74) is 0.875. The van der Waals surface area contributed by atoms with Gasteiger partial charge in [0.25, 0.3) is 0 Å². The molecular weight excluding hydrogens is 222 g/mol. The molecule has 90 valence electrons. The Bertz CT molecular complexity index is 325. The third-order valence-electron chi connectivity index (χ3n) is 2.58. The summed E-state index contributed by atoms with van der Waals surface area (Å²) in [6.07, 6.45) is 0. The van der Waals surface area contributed by atoms with Crippen LogP contribution in [-0.4, -0.2) is 28.1 Å². The largest absolute Gasteiger partial charge is 0.480 e. The Kier molecular flexibility index (Phi) is 4.50. The lowest BCUT2D eigenvalue weighted by Crippen LogP contribution is -2.43. The first kappa shape index (κ1) is 13.2. The van der Waals surface area contributed by atoms with Crippen LogP contribution in [0, 0.1) is 0 Å². The van der Waals surface area contributed by atoms with Crippen LogP contribution in [0.15, 0.2) is 16.8 Å². The highest BCUT2D eigenvalue weighted by Crippen LogP contribution is 2.27. The molecule has 1 N–H and O–H groups in total. The second kappa shape index (κ2) is 5.46. The van der Waals surface area contributed by atoms with Crippen LogP contribution >= 0.6 is 11.3 Å². The molecule has 1 atom stereocenters. The second-order valence-electron chi connectivity index (χ2n) is 4.43. The number of carbonyl (C=O) groups is 1. The fourth-order valence-corrected chi connectivity index (χ4v) is 2.74. The quantitative estimate of drug-likeness (QED) is 0.861. The van der Waals surface area contributed by atoms with E-state index < -0.39 is 12.0 Å². The summed E-state index contributed by atoms with van der Waals surface area (Å²) in [7, 11) is 0. The van der Waals surface area contributed by atoms with Crippen LogP contribution < -0.4 is 0 Å². The van der Waals surface area contributed by atoms with Crippen LogP contribution in [0.3, 0.4) is 0 Å². The van der Waals surface area contributed by atoms with Crippen molar-refractivity contribution in [2.75, 3.05) is 0 Å². The summed E-state index contributed by atoms with van der Waals surface area (Å²) in [6.45, 7) is 8.12. The van der Waals surface area contributed by atoms with Crippen molar-refractivity contribution in [3.8, 4) is 0 Å². The molecule has 1 unspecified atom stereocenters. The van der Waals surface area contributed by atoms with E-state index in [2.05, 4.69) is 0 Å². The van der Waals surface area contributed by atoms with Gasteiger partial charge in [-0.15, -0.1) is 0 Å². The Morgan fingerprint density at radius 3 is 2.19 bits per heavy atom. The van der Waals surface area contributed by atoms with Crippen molar-refractivity contribution in [3.63, 3.8) is 0 Å². The van der Waals surface area contributed by atoms with Crippen LogP contribution in [0.4, 0.5) is 0 Å².